The van der Waals surface area contributed by atoms with Crippen molar-refractivity contribution in [2.24, 2.45) is 5.41 Å². The second-order valence-corrected chi connectivity index (χ2v) is 6.24. The predicted octanol–water partition coefficient (Wildman–Crippen LogP) is 3.71. The SMILES string of the molecule is CCOC(=O)c1ccc(CC(C)(C)C)c(CC)c1C(=O)O. The minimum absolute atomic E-state index is 0.0468. The molecular formula is C17H24O4. The van der Waals surface area contributed by atoms with Crippen LogP contribution in [0.4, 0.5) is 0 Å². The first-order valence-electron chi connectivity index (χ1n) is 7.26. The summed E-state index contributed by atoms with van der Waals surface area (Å²) in [6.07, 6.45) is 1.33. The first kappa shape index (κ1) is 17.2. The molecule has 4 heteroatoms. The summed E-state index contributed by atoms with van der Waals surface area (Å²) >= 11 is 0. The van der Waals surface area contributed by atoms with Crippen molar-refractivity contribution in [3.05, 3.63) is 34.4 Å². The van der Waals surface area contributed by atoms with Crippen molar-refractivity contribution in [2.45, 2.75) is 47.5 Å². The quantitative estimate of drug-likeness (QED) is 0.840. The molecule has 1 N–H and O–H groups in total. The Labute approximate surface area is 126 Å². The molecule has 0 aliphatic rings. The minimum Gasteiger partial charge on any atom is -0.478 e. The third-order valence-corrected chi connectivity index (χ3v) is 3.19. The van der Waals surface area contributed by atoms with Crippen LogP contribution >= 0.6 is 0 Å². The molecule has 0 unspecified atom stereocenters. The van der Waals surface area contributed by atoms with Gasteiger partial charge in [0.1, 0.15) is 0 Å². The van der Waals surface area contributed by atoms with Gasteiger partial charge >= 0.3 is 11.9 Å². The summed E-state index contributed by atoms with van der Waals surface area (Å²) in [6.45, 7) is 10.1. The largest absolute Gasteiger partial charge is 0.478 e. The maximum Gasteiger partial charge on any atom is 0.339 e. The maximum absolute atomic E-state index is 11.9. The summed E-state index contributed by atoms with van der Waals surface area (Å²) < 4.78 is 4.96. The Hall–Kier alpha value is -1.84. The van der Waals surface area contributed by atoms with Crippen molar-refractivity contribution in [2.75, 3.05) is 6.61 Å². The van der Waals surface area contributed by atoms with Crippen LogP contribution in [0.2, 0.25) is 0 Å². The Morgan fingerprint density at radius 2 is 1.81 bits per heavy atom. The van der Waals surface area contributed by atoms with Crippen LogP contribution in [0.3, 0.4) is 0 Å². The number of ether oxygens (including phenoxy) is 1. The molecule has 0 spiro atoms. The molecule has 0 amide bonds. The molecule has 0 saturated carbocycles. The summed E-state index contributed by atoms with van der Waals surface area (Å²) in [5, 5.41) is 9.51. The fourth-order valence-electron chi connectivity index (χ4n) is 2.46. The molecule has 0 aliphatic carbocycles. The standard InChI is InChI=1S/C17H24O4/c1-6-12-11(10-17(3,4)5)8-9-13(14(12)15(18)19)16(20)21-7-2/h8-9H,6-7,10H2,1-5H3,(H,18,19). The van der Waals surface area contributed by atoms with E-state index in [-0.39, 0.29) is 23.1 Å². The summed E-state index contributed by atoms with van der Waals surface area (Å²) in [6, 6.07) is 3.42. The van der Waals surface area contributed by atoms with E-state index in [0.717, 1.165) is 17.5 Å². The molecule has 0 aromatic heterocycles. The number of hydrogen-bond donors (Lipinski definition) is 1. The summed E-state index contributed by atoms with van der Waals surface area (Å²) in [7, 11) is 0. The van der Waals surface area contributed by atoms with E-state index in [0.29, 0.717) is 6.42 Å². The van der Waals surface area contributed by atoms with Gasteiger partial charge in [0.05, 0.1) is 17.7 Å². The molecule has 0 aliphatic heterocycles. The molecule has 0 bridgehead atoms. The van der Waals surface area contributed by atoms with Crippen LogP contribution in [0.1, 0.15) is 66.5 Å². The fraction of sp³-hybridized carbons (Fsp3) is 0.529. The van der Waals surface area contributed by atoms with Crippen molar-refractivity contribution in [1.29, 1.82) is 0 Å². The van der Waals surface area contributed by atoms with Gasteiger partial charge in [0.2, 0.25) is 0 Å². The van der Waals surface area contributed by atoms with Gasteiger partial charge in [-0.3, -0.25) is 0 Å². The summed E-state index contributed by atoms with van der Waals surface area (Å²) in [5.41, 5.74) is 1.97. The number of carboxylic acids is 1. The lowest BCUT2D eigenvalue weighted by Gasteiger charge is -2.22. The van der Waals surface area contributed by atoms with Crippen LogP contribution in [-0.4, -0.2) is 23.7 Å². The molecule has 1 rings (SSSR count). The van der Waals surface area contributed by atoms with Gasteiger partial charge in [0.25, 0.3) is 0 Å². The third-order valence-electron chi connectivity index (χ3n) is 3.19. The average Bonchev–Trinajstić information content (AvgIpc) is 2.36. The van der Waals surface area contributed by atoms with Crippen molar-refractivity contribution in [3.63, 3.8) is 0 Å². The lowest BCUT2D eigenvalue weighted by molar-refractivity contribution is 0.0514. The number of rotatable bonds is 5. The van der Waals surface area contributed by atoms with Crippen LogP contribution in [0.15, 0.2) is 12.1 Å². The van der Waals surface area contributed by atoms with Crippen LogP contribution in [0, 0.1) is 5.41 Å². The lowest BCUT2D eigenvalue weighted by Crippen LogP contribution is -2.18. The first-order valence-corrected chi connectivity index (χ1v) is 7.26. The summed E-state index contributed by atoms with van der Waals surface area (Å²) in [5.74, 6) is -1.66. The number of carboxylic acid groups (broad SMARTS) is 1. The average molecular weight is 292 g/mol. The number of esters is 1. The Bertz CT molecular complexity index is 538. The Kier molecular flexibility index (Phi) is 5.53. The molecule has 0 radical (unpaired) electrons. The molecule has 1 aromatic rings. The Balaban J connectivity index is 3.45. The van der Waals surface area contributed by atoms with E-state index >= 15 is 0 Å². The number of hydrogen-bond acceptors (Lipinski definition) is 3. The van der Waals surface area contributed by atoms with Crippen LogP contribution in [-0.2, 0) is 17.6 Å². The molecular weight excluding hydrogens is 268 g/mol. The molecule has 21 heavy (non-hydrogen) atoms. The van der Waals surface area contributed by atoms with Crippen LogP contribution < -0.4 is 0 Å². The maximum atomic E-state index is 11.9. The second kappa shape index (κ2) is 6.74. The second-order valence-electron chi connectivity index (χ2n) is 6.24. The normalized spacial score (nSPS) is 11.3. The van der Waals surface area contributed by atoms with Crippen molar-refractivity contribution >= 4 is 11.9 Å². The minimum atomic E-state index is -1.08. The molecule has 0 atom stereocenters. The van der Waals surface area contributed by atoms with Crippen molar-refractivity contribution in [1.82, 2.24) is 0 Å². The Morgan fingerprint density at radius 1 is 1.19 bits per heavy atom. The van der Waals surface area contributed by atoms with Crippen molar-refractivity contribution in [3.8, 4) is 0 Å². The first-order chi connectivity index (χ1) is 9.71. The predicted molar refractivity (Wildman–Crippen MR) is 81.9 cm³/mol. The van der Waals surface area contributed by atoms with Gasteiger partial charge in [-0.25, -0.2) is 9.59 Å². The van der Waals surface area contributed by atoms with E-state index in [4.69, 9.17) is 4.74 Å². The van der Waals surface area contributed by atoms with E-state index in [1.54, 1.807) is 13.0 Å². The topological polar surface area (TPSA) is 63.6 Å². The highest BCUT2D eigenvalue weighted by Crippen LogP contribution is 2.28. The highest BCUT2D eigenvalue weighted by Gasteiger charge is 2.24. The molecule has 0 heterocycles. The van der Waals surface area contributed by atoms with E-state index in [2.05, 4.69) is 20.8 Å². The molecule has 0 saturated heterocycles. The van der Waals surface area contributed by atoms with Gasteiger partial charge in [0.15, 0.2) is 0 Å². The highest BCUT2D eigenvalue weighted by atomic mass is 16.5. The number of carbonyl (C=O) groups is 2. The number of benzene rings is 1. The van der Waals surface area contributed by atoms with Gasteiger partial charge in [-0.1, -0.05) is 33.8 Å². The smallest absolute Gasteiger partial charge is 0.339 e. The molecule has 0 fully saturated rings. The Morgan fingerprint density at radius 3 is 2.24 bits per heavy atom. The van der Waals surface area contributed by atoms with E-state index in [1.807, 2.05) is 13.0 Å². The third kappa shape index (κ3) is 4.31. The van der Waals surface area contributed by atoms with E-state index in [9.17, 15) is 14.7 Å². The van der Waals surface area contributed by atoms with Crippen LogP contribution in [0.25, 0.3) is 0 Å². The highest BCUT2D eigenvalue weighted by molar-refractivity contribution is 6.03. The van der Waals surface area contributed by atoms with E-state index < -0.39 is 11.9 Å². The zero-order valence-corrected chi connectivity index (χ0v) is 13.4. The molecule has 4 nitrogen and oxygen atoms in total. The zero-order valence-electron chi connectivity index (χ0n) is 13.4. The van der Waals surface area contributed by atoms with Gasteiger partial charge in [-0.15, -0.1) is 0 Å². The van der Waals surface area contributed by atoms with E-state index in [1.165, 1.54) is 0 Å². The zero-order chi connectivity index (χ0) is 16.2. The lowest BCUT2D eigenvalue weighted by atomic mass is 9.83. The monoisotopic (exact) mass is 292 g/mol. The fourth-order valence-corrected chi connectivity index (χ4v) is 2.46. The molecule has 1 aromatic carbocycles. The van der Waals surface area contributed by atoms with Gasteiger partial charge < -0.3 is 9.84 Å². The number of carbonyl (C=O) groups excluding carboxylic acids is 1. The summed E-state index contributed by atoms with van der Waals surface area (Å²) in [4.78, 5) is 23.6. The number of aromatic carboxylic acids is 1. The van der Waals surface area contributed by atoms with Gasteiger partial charge in [-0.2, -0.15) is 0 Å². The van der Waals surface area contributed by atoms with Crippen molar-refractivity contribution < 1.29 is 19.4 Å². The molecule has 116 valence electrons. The van der Waals surface area contributed by atoms with Gasteiger partial charge in [-0.05, 0) is 42.4 Å². The van der Waals surface area contributed by atoms with Crippen LogP contribution in [0.5, 0.6) is 0 Å². The van der Waals surface area contributed by atoms with Gasteiger partial charge in [0, 0.05) is 0 Å².